The fraction of sp³-hybridized carbons (Fsp3) is 0.0625. The summed E-state index contributed by atoms with van der Waals surface area (Å²) in [5, 5.41) is 10.8. The first-order valence-corrected chi connectivity index (χ1v) is 8.27. The third-order valence-electron chi connectivity index (χ3n) is 3.16. The van der Waals surface area contributed by atoms with Crippen molar-refractivity contribution in [3.8, 4) is 0 Å². The Hall–Kier alpha value is -1.92. The lowest BCUT2D eigenvalue weighted by Gasteiger charge is -2.07. The van der Waals surface area contributed by atoms with E-state index in [9.17, 15) is 9.90 Å². The summed E-state index contributed by atoms with van der Waals surface area (Å²) in [5.74, 6) is -0.322. The lowest BCUT2D eigenvalue weighted by molar-refractivity contribution is 0.0692. The van der Waals surface area contributed by atoms with Crippen LogP contribution in [0.25, 0.3) is 10.9 Å². The van der Waals surface area contributed by atoms with Gasteiger partial charge < -0.3 is 5.11 Å². The number of benzene rings is 1. The van der Waals surface area contributed by atoms with E-state index in [0.717, 1.165) is 20.9 Å². The van der Waals surface area contributed by atoms with E-state index in [0.29, 0.717) is 10.8 Å². The molecule has 0 fully saturated rings. The lowest BCUT2D eigenvalue weighted by atomic mass is 10.1. The zero-order valence-electron chi connectivity index (χ0n) is 11.4. The molecule has 2 heterocycles. The number of hydrogen-bond donors (Lipinski definition) is 1. The van der Waals surface area contributed by atoms with Crippen LogP contribution in [0.4, 0.5) is 0 Å². The highest BCUT2D eigenvalue weighted by Crippen LogP contribution is 2.28. The van der Waals surface area contributed by atoms with Gasteiger partial charge in [-0.15, -0.1) is 11.8 Å². The van der Waals surface area contributed by atoms with E-state index in [1.807, 2.05) is 24.3 Å². The Labute approximate surface area is 139 Å². The number of halogens is 1. The van der Waals surface area contributed by atoms with Gasteiger partial charge in [-0.3, -0.25) is 4.98 Å². The first kappa shape index (κ1) is 15.0. The topological polar surface area (TPSA) is 63.1 Å². The number of hydrogen-bond acceptors (Lipinski definition) is 4. The molecule has 0 aliphatic rings. The molecule has 1 N–H and O–H groups in total. The van der Waals surface area contributed by atoms with Crippen LogP contribution in [0.1, 0.15) is 15.9 Å². The summed E-state index contributed by atoms with van der Waals surface area (Å²) in [6.07, 6.45) is 3.37. The van der Waals surface area contributed by atoms with Gasteiger partial charge in [-0.2, -0.15) is 0 Å². The molecule has 110 valence electrons. The van der Waals surface area contributed by atoms with Gasteiger partial charge in [-0.1, -0.05) is 22.0 Å². The Morgan fingerprint density at radius 3 is 2.86 bits per heavy atom. The third-order valence-corrected chi connectivity index (χ3v) is 4.71. The second kappa shape index (κ2) is 6.46. The minimum Gasteiger partial charge on any atom is -0.478 e. The van der Waals surface area contributed by atoms with E-state index in [2.05, 4.69) is 25.9 Å². The first-order chi connectivity index (χ1) is 10.6. The van der Waals surface area contributed by atoms with Gasteiger partial charge in [0.2, 0.25) is 0 Å². The Morgan fingerprint density at radius 1 is 1.18 bits per heavy atom. The molecule has 0 radical (unpaired) electrons. The van der Waals surface area contributed by atoms with Crippen molar-refractivity contribution in [1.29, 1.82) is 0 Å². The quantitative estimate of drug-likeness (QED) is 0.686. The molecule has 0 atom stereocenters. The monoisotopic (exact) mass is 374 g/mol. The number of nitrogens with zero attached hydrogens (tertiary/aromatic N) is 2. The third kappa shape index (κ3) is 3.13. The van der Waals surface area contributed by atoms with Crippen molar-refractivity contribution < 1.29 is 9.90 Å². The maximum Gasteiger partial charge on any atom is 0.338 e. The molecule has 0 saturated heterocycles. The summed E-state index contributed by atoms with van der Waals surface area (Å²) in [5.41, 5.74) is 2.24. The average Bonchev–Trinajstić information content (AvgIpc) is 2.52. The number of carboxylic acid groups (broad SMARTS) is 1. The summed E-state index contributed by atoms with van der Waals surface area (Å²) < 4.78 is 0.982. The highest BCUT2D eigenvalue weighted by molar-refractivity contribution is 9.10. The number of carbonyl (C=O) groups is 1. The highest BCUT2D eigenvalue weighted by atomic mass is 79.9. The molecule has 2 aromatic heterocycles. The Balaban J connectivity index is 1.90. The number of aromatic nitrogens is 2. The predicted molar refractivity (Wildman–Crippen MR) is 90.2 cm³/mol. The molecule has 0 amide bonds. The molecule has 0 unspecified atom stereocenters. The van der Waals surface area contributed by atoms with E-state index < -0.39 is 5.97 Å². The van der Waals surface area contributed by atoms with Crippen LogP contribution < -0.4 is 0 Å². The normalized spacial score (nSPS) is 10.8. The zero-order chi connectivity index (χ0) is 15.5. The minimum atomic E-state index is -0.959. The molecule has 4 nitrogen and oxygen atoms in total. The van der Waals surface area contributed by atoms with Gasteiger partial charge in [0, 0.05) is 28.0 Å². The molecule has 0 spiro atoms. The van der Waals surface area contributed by atoms with Crippen LogP contribution in [0.5, 0.6) is 0 Å². The van der Waals surface area contributed by atoms with Gasteiger partial charge in [0.25, 0.3) is 0 Å². The van der Waals surface area contributed by atoms with Crippen molar-refractivity contribution in [2.45, 2.75) is 10.8 Å². The van der Waals surface area contributed by atoms with Crippen molar-refractivity contribution in [1.82, 2.24) is 9.97 Å². The van der Waals surface area contributed by atoms with Gasteiger partial charge in [-0.05, 0) is 35.9 Å². The SMILES string of the molecule is O=C(O)c1cccnc1SCc1ccnc2cc(Br)ccc12. The second-order valence-corrected chi connectivity index (χ2v) is 6.46. The molecule has 0 bridgehead atoms. The number of pyridine rings is 2. The van der Waals surface area contributed by atoms with Crippen molar-refractivity contribution in [3.63, 3.8) is 0 Å². The summed E-state index contributed by atoms with van der Waals surface area (Å²) >= 11 is 4.85. The number of rotatable bonds is 4. The van der Waals surface area contributed by atoms with Gasteiger partial charge in [-0.25, -0.2) is 9.78 Å². The fourth-order valence-corrected chi connectivity index (χ4v) is 3.46. The summed E-state index contributed by atoms with van der Waals surface area (Å²) in [6.45, 7) is 0. The van der Waals surface area contributed by atoms with Crippen LogP contribution in [0, 0.1) is 0 Å². The second-order valence-electron chi connectivity index (χ2n) is 4.58. The predicted octanol–water partition coefficient (Wildman–Crippen LogP) is 4.38. The van der Waals surface area contributed by atoms with Crippen LogP contribution in [0.2, 0.25) is 0 Å². The number of carboxylic acids is 1. The minimum absolute atomic E-state index is 0.230. The van der Waals surface area contributed by atoms with E-state index in [1.165, 1.54) is 11.8 Å². The Morgan fingerprint density at radius 2 is 2.05 bits per heavy atom. The van der Waals surface area contributed by atoms with Crippen molar-refractivity contribution in [3.05, 3.63) is 64.4 Å². The van der Waals surface area contributed by atoms with Crippen LogP contribution in [-0.4, -0.2) is 21.0 Å². The van der Waals surface area contributed by atoms with Crippen molar-refractivity contribution >= 4 is 44.6 Å². The molecular weight excluding hydrogens is 364 g/mol. The summed E-state index contributed by atoms with van der Waals surface area (Å²) in [7, 11) is 0. The highest BCUT2D eigenvalue weighted by Gasteiger charge is 2.12. The van der Waals surface area contributed by atoms with E-state index in [1.54, 1.807) is 24.5 Å². The summed E-state index contributed by atoms with van der Waals surface area (Å²) in [4.78, 5) is 19.7. The Kier molecular flexibility index (Phi) is 4.40. The smallest absolute Gasteiger partial charge is 0.338 e. The molecular formula is C16H11BrN2O2S. The average molecular weight is 375 g/mol. The van der Waals surface area contributed by atoms with Gasteiger partial charge in [0.1, 0.15) is 5.03 Å². The number of fused-ring (bicyclic) bond motifs is 1. The lowest BCUT2D eigenvalue weighted by Crippen LogP contribution is -2.00. The van der Waals surface area contributed by atoms with Crippen LogP contribution >= 0.6 is 27.7 Å². The molecule has 0 saturated carbocycles. The number of thioether (sulfide) groups is 1. The first-order valence-electron chi connectivity index (χ1n) is 6.49. The molecule has 22 heavy (non-hydrogen) atoms. The van der Waals surface area contributed by atoms with E-state index in [-0.39, 0.29) is 5.56 Å². The van der Waals surface area contributed by atoms with E-state index >= 15 is 0 Å². The van der Waals surface area contributed by atoms with Crippen LogP contribution in [0.15, 0.2) is 58.3 Å². The number of aromatic carboxylic acids is 1. The molecule has 1 aromatic carbocycles. The largest absolute Gasteiger partial charge is 0.478 e. The van der Waals surface area contributed by atoms with E-state index in [4.69, 9.17) is 0 Å². The fourth-order valence-electron chi connectivity index (χ4n) is 2.12. The summed E-state index contributed by atoms with van der Waals surface area (Å²) in [6, 6.07) is 11.1. The molecule has 0 aliphatic carbocycles. The molecule has 3 rings (SSSR count). The Bertz CT molecular complexity index is 854. The van der Waals surface area contributed by atoms with Gasteiger partial charge in [0.15, 0.2) is 0 Å². The van der Waals surface area contributed by atoms with Gasteiger partial charge >= 0.3 is 5.97 Å². The van der Waals surface area contributed by atoms with Crippen molar-refractivity contribution in [2.75, 3.05) is 0 Å². The maximum absolute atomic E-state index is 11.2. The van der Waals surface area contributed by atoms with Crippen LogP contribution in [0.3, 0.4) is 0 Å². The molecule has 3 aromatic rings. The zero-order valence-corrected chi connectivity index (χ0v) is 13.8. The molecule has 6 heteroatoms. The van der Waals surface area contributed by atoms with Crippen LogP contribution in [-0.2, 0) is 5.75 Å². The standard InChI is InChI=1S/C16H11BrN2O2S/c17-11-3-4-12-10(5-7-18-14(12)8-11)9-22-15-13(16(20)21)2-1-6-19-15/h1-8H,9H2,(H,20,21). The van der Waals surface area contributed by atoms with Gasteiger partial charge in [0.05, 0.1) is 11.1 Å². The maximum atomic E-state index is 11.2. The van der Waals surface area contributed by atoms with Crippen molar-refractivity contribution in [2.24, 2.45) is 0 Å². The molecule has 0 aliphatic heterocycles.